The predicted octanol–water partition coefficient (Wildman–Crippen LogP) is 4.19. The zero-order valence-electron chi connectivity index (χ0n) is 14.3. The van der Waals surface area contributed by atoms with Gasteiger partial charge in [0.15, 0.2) is 0 Å². The average molecular weight is 354 g/mol. The fourth-order valence-corrected chi connectivity index (χ4v) is 2.81. The maximum atomic E-state index is 12.1. The molecule has 1 fully saturated rings. The molecule has 6 nitrogen and oxygen atoms in total. The van der Waals surface area contributed by atoms with Crippen LogP contribution in [0.2, 0.25) is 5.02 Å². The van der Waals surface area contributed by atoms with Crippen molar-refractivity contribution in [2.75, 3.05) is 18.4 Å². The Bertz CT molecular complexity index is 613. The topological polar surface area (TPSA) is 74.2 Å². The molecule has 1 atom stereocenters. The number of benzene rings is 1. The van der Waals surface area contributed by atoms with Crippen LogP contribution in [0.25, 0.3) is 0 Å². The second-order valence-electron chi connectivity index (χ2n) is 6.97. The molecule has 1 aliphatic rings. The number of ether oxygens (including phenoxy) is 1. The molecule has 2 N–H and O–H groups in total. The van der Waals surface area contributed by atoms with E-state index in [1.54, 1.807) is 17.0 Å². The van der Waals surface area contributed by atoms with E-state index in [0.717, 1.165) is 12.1 Å². The summed E-state index contributed by atoms with van der Waals surface area (Å²) in [6, 6.07) is 7.20. The van der Waals surface area contributed by atoms with Gasteiger partial charge in [0.1, 0.15) is 11.4 Å². The minimum Gasteiger partial charge on any atom is -0.444 e. The number of oxime groups is 1. The first-order valence-electron chi connectivity index (χ1n) is 7.98. The first kappa shape index (κ1) is 18.4. The lowest BCUT2D eigenvalue weighted by atomic mass is 10.0. The van der Waals surface area contributed by atoms with Crippen molar-refractivity contribution in [1.29, 1.82) is 0 Å². The van der Waals surface area contributed by atoms with Gasteiger partial charge in [0.25, 0.3) is 0 Å². The second-order valence-corrected chi connectivity index (χ2v) is 7.40. The molecule has 0 aromatic heterocycles. The highest BCUT2D eigenvalue weighted by Gasteiger charge is 2.30. The van der Waals surface area contributed by atoms with Gasteiger partial charge in [-0.05, 0) is 51.3 Å². The van der Waals surface area contributed by atoms with Gasteiger partial charge in [-0.3, -0.25) is 0 Å². The zero-order chi connectivity index (χ0) is 17.7. The molecular weight excluding hydrogens is 330 g/mol. The van der Waals surface area contributed by atoms with Gasteiger partial charge in [-0.15, -0.1) is 0 Å². The van der Waals surface area contributed by atoms with E-state index in [4.69, 9.17) is 16.3 Å². The number of nitrogens with zero attached hydrogens (tertiary/aromatic N) is 2. The molecule has 1 amide bonds. The summed E-state index contributed by atoms with van der Waals surface area (Å²) in [5.74, 6) is 0.670. The second kappa shape index (κ2) is 7.75. The highest BCUT2D eigenvalue weighted by Crippen LogP contribution is 2.23. The number of anilines is 1. The minimum absolute atomic E-state index is 0.218. The molecule has 1 unspecified atom stereocenters. The van der Waals surface area contributed by atoms with E-state index >= 15 is 0 Å². The molecule has 1 aromatic carbocycles. The van der Waals surface area contributed by atoms with Crippen LogP contribution in [0.15, 0.2) is 29.4 Å². The predicted molar refractivity (Wildman–Crippen MR) is 94.8 cm³/mol. The van der Waals surface area contributed by atoms with Crippen molar-refractivity contribution in [1.82, 2.24) is 4.90 Å². The Morgan fingerprint density at radius 2 is 2.25 bits per heavy atom. The van der Waals surface area contributed by atoms with Crippen LogP contribution in [0.4, 0.5) is 10.5 Å². The Morgan fingerprint density at radius 3 is 2.88 bits per heavy atom. The van der Waals surface area contributed by atoms with E-state index < -0.39 is 5.60 Å². The van der Waals surface area contributed by atoms with Gasteiger partial charge < -0.3 is 20.2 Å². The van der Waals surface area contributed by atoms with E-state index in [0.29, 0.717) is 30.4 Å². The van der Waals surface area contributed by atoms with Crippen LogP contribution in [-0.4, -0.2) is 40.7 Å². The van der Waals surface area contributed by atoms with E-state index in [1.807, 2.05) is 32.9 Å². The lowest BCUT2D eigenvalue weighted by Gasteiger charge is -2.24. The summed E-state index contributed by atoms with van der Waals surface area (Å²) in [7, 11) is 0. The standard InChI is InChI=1S/C17H24ClN3O3/c1-17(2,3)24-16(22)21-8-7-12(11-21)9-15(20-23)19-14-6-4-5-13(18)10-14/h4-6,10,12,23H,7-9,11H2,1-3H3,(H,19,20). The summed E-state index contributed by atoms with van der Waals surface area (Å²) < 4.78 is 5.39. The van der Waals surface area contributed by atoms with Crippen molar-refractivity contribution in [2.24, 2.45) is 11.1 Å². The lowest BCUT2D eigenvalue weighted by molar-refractivity contribution is 0.0288. The quantitative estimate of drug-likeness (QED) is 0.370. The maximum absolute atomic E-state index is 12.1. The summed E-state index contributed by atoms with van der Waals surface area (Å²) in [5, 5.41) is 16.2. The molecule has 0 spiro atoms. The SMILES string of the molecule is CC(C)(C)OC(=O)N1CCC(C/C(=N/O)Nc2cccc(Cl)c2)C1. The van der Waals surface area contributed by atoms with Crippen molar-refractivity contribution in [3.05, 3.63) is 29.3 Å². The fraction of sp³-hybridized carbons (Fsp3) is 0.529. The molecule has 0 aliphatic carbocycles. The van der Waals surface area contributed by atoms with Crippen LogP contribution in [0.5, 0.6) is 0 Å². The van der Waals surface area contributed by atoms with Gasteiger partial charge in [-0.25, -0.2) is 4.79 Å². The number of hydrogen-bond acceptors (Lipinski definition) is 4. The highest BCUT2D eigenvalue weighted by molar-refractivity contribution is 6.30. The van der Waals surface area contributed by atoms with Gasteiger partial charge in [0, 0.05) is 30.2 Å². The van der Waals surface area contributed by atoms with Gasteiger partial charge >= 0.3 is 6.09 Å². The largest absolute Gasteiger partial charge is 0.444 e. The zero-order valence-corrected chi connectivity index (χ0v) is 15.0. The van der Waals surface area contributed by atoms with Crippen molar-refractivity contribution in [2.45, 2.75) is 39.2 Å². The van der Waals surface area contributed by atoms with Crippen molar-refractivity contribution in [3.63, 3.8) is 0 Å². The molecule has 1 aliphatic heterocycles. The maximum Gasteiger partial charge on any atom is 0.410 e. The van der Waals surface area contributed by atoms with Crippen LogP contribution in [0.1, 0.15) is 33.6 Å². The number of carbonyl (C=O) groups is 1. The molecule has 1 saturated heterocycles. The number of amidine groups is 1. The Hall–Kier alpha value is -1.95. The monoisotopic (exact) mass is 353 g/mol. The number of rotatable bonds is 3. The van der Waals surface area contributed by atoms with Crippen LogP contribution >= 0.6 is 11.6 Å². The van der Waals surface area contributed by atoms with Crippen molar-refractivity contribution in [3.8, 4) is 0 Å². The van der Waals surface area contributed by atoms with Crippen molar-refractivity contribution >= 4 is 29.2 Å². The van der Waals surface area contributed by atoms with Gasteiger partial charge in [0.05, 0.1) is 0 Å². The van der Waals surface area contributed by atoms with E-state index in [9.17, 15) is 10.0 Å². The molecule has 0 radical (unpaired) electrons. The molecule has 7 heteroatoms. The molecule has 1 aromatic rings. The van der Waals surface area contributed by atoms with Gasteiger partial charge in [0.2, 0.25) is 0 Å². The lowest BCUT2D eigenvalue weighted by Crippen LogP contribution is -2.35. The molecule has 0 saturated carbocycles. The molecule has 2 rings (SSSR count). The average Bonchev–Trinajstić information content (AvgIpc) is 2.93. The highest BCUT2D eigenvalue weighted by atomic mass is 35.5. The Labute approximate surface area is 147 Å². The number of halogens is 1. The van der Waals surface area contributed by atoms with Crippen LogP contribution in [0.3, 0.4) is 0 Å². The van der Waals surface area contributed by atoms with Crippen LogP contribution in [0, 0.1) is 5.92 Å². The third-order valence-corrected chi connectivity index (χ3v) is 3.89. The number of carbonyl (C=O) groups excluding carboxylic acids is 1. The number of likely N-dealkylation sites (tertiary alicyclic amines) is 1. The summed E-state index contributed by atoms with van der Waals surface area (Å²) in [5.41, 5.74) is 0.262. The third kappa shape index (κ3) is 5.60. The van der Waals surface area contributed by atoms with Crippen LogP contribution in [-0.2, 0) is 4.74 Å². The number of hydrogen-bond donors (Lipinski definition) is 2. The Morgan fingerprint density at radius 1 is 1.50 bits per heavy atom. The summed E-state index contributed by atoms with van der Waals surface area (Å²) in [4.78, 5) is 13.8. The van der Waals surface area contributed by atoms with E-state index in [1.165, 1.54) is 0 Å². The van der Waals surface area contributed by atoms with E-state index in [-0.39, 0.29) is 12.0 Å². The first-order valence-corrected chi connectivity index (χ1v) is 8.36. The first-order chi connectivity index (χ1) is 11.3. The number of amides is 1. The Balaban J connectivity index is 1.88. The van der Waals surface area contributed by atoms with Crippen molar-refractivity contribution < 1.29 is 14.7 Å². The minimum atomic E-state index is -0.499. The third-order valence-electron chi connectivity index (χ3n) is 3.65. The smallest absolute Gasteiger partial charge is 0.410 e. The van der Waals surface area contributed by atoms with Gasteiger partial charge in [-0.2, -0.15) is 0 Å². The summed E-state index contributed by atoms with van der Waals surface area (Å²) in [6.07, 6.45) is 1.09. The van der Waals surface area contributed by atoms with Gasteiger partial charge in [-0.1, -0.05) is 22.8 Å². The molecule has 0 bridgehead atoms. The molecule has 1 heterocycles. The number of nitrogens with one attached hydrogen (secondary N) is 1. The molecule has 24 heavy (non-hydrogen) atoms. The Kier molecular flexibility index (Phi) is 5.94. The van der Waals surface area contributed by atoms with E-state index in [2.05, 4.69) is 10.5 Å². The normalized spacial score (nSPS) is 18.6. The fourth-order valence-electron chi connectivity index (χ4n) is 2.61. The molecule has 132 valence electrons. The summed E-state index contributed by atoms with van der Waals surface area (Å²) >= 11 is 5.95. The summed E-state index contributed by atoms with van der Waals surface area (Å²) in [6.45, 7) is 6.79. The molecular formula is C17H24ClN3O3. The van der Waals surface area contributed by atoms with Crippen LogP contribution < -0.4 is 5.32 Å².